The van der Waals surface area contributed by atoms with E-state index < -0.39 is 0 Å². The lowest BCUT2D eigenvalue weighted by molar-refractivity contribution is -0.104. The lowest BCUT2D eigenvalue weighted by atomic mass is 10.00. The molecule has 2 fully saturated rings. The van der Waals surface area contributed by atoms with E-state index in [4.69, 9.17) is 4.98 Å². The van der Waals surface area contributed by atoms with Gasteiger partial charge < -0.3 is 4.90 Å². The smallest absolute Gasteiger partial charge is 0.144 e. The summed E-state index contributed by atoms with van der Waals surface area (Å²) in [6, 6.07) is 2.06. The maximum absolute atomic E-state index is 10.6. The van der Waals surface area contributed by atoms with Crippen LogP contribution in [0, 0.1) is 11.8 Å². The van der Waals surface area contributed by atoms with E-state index in [2.05, 4.69) is 21.2 Å². The second-order valence-electron chi connectivity index (χ2n) is 7.70. The maximum atomic E-state index is 10.6. The van der Waals surface area contributed by atoms with Gasteiger partial charge in [0, 0.05) is 44.0 Å². The van der Waals surface area contributed by atoms with Crippen LogP contribution >= 0.6 is 0 Å². The number of rotatable bonds is 4. The van der Waals surface area contributed by atoms with Crippen molar-refractivity contribution in [3.05, 3.63) is 48.8 Å². The fourth-order valence-electron chi connectivity index (χ4n) is 4.78. The summed E-state index contributed by atoms with van der Waals surface area (Å²) < 4.78 is 3.74. The van der Waals surface area contributed by atoms with Crippen LogP contribution in [0.2, 0.25) is 0 Å². The lowest BCUT2D eigenvalue weighted by Gasteiger charge is -2.17. The quantitative estimate of drug-likeness (QED) is 0.526. The first-order valence-corrected chi connectivity index (χ1v) is 9.40. The van der Waals surface area contributed by atoms with Crippen molar-refractivity contribution in [1.29, 1.82) is 0 Å². The minimum absolute atomic E-state index is 0.452. The molecule has 0 N–H and O–H groups in total. The van der Waals surface area contributed by atoms with Crippen LogP contribution in [0.15, 0.2) is 43.1 Å². The number of nitrogens with zero attached hydrogens (tertiary/aromatic N) is 6. The molecular weight excluding hydrogens is 340 g/mol. The van der Waals surface area contributed by atoms with E-state index in [1.807, 2.05) is 42.6 Å². The summed E-state index contributed by atoms with van der Waals surface area (Å²) in [7, 11) is 1.92. The molecule has 1 unspecified atom stereocenters. The van der Waals surface area contributed by atoms with Gasteiger partial charge in [0.25, 0.3) is 0 Å². The molecular formula is C20H22N6O. The highest BCUT2D eigenvalue weighted by Gasteiger charge is 2.41. The van der Waals surface area contributed by atoms with Gasteiger partial charge >= 0.3 is 0 Å². The van der Waals surface area contributed by atoms with Gasteiger partial charge in [0.05, 0.1) is 35.5 Å². The van der Waals surface area contributed by atoms with E-state index in [0.717, 1.165) is 54.7 Å². The second kappa shape index (κ2) is 6.33. The first-order valence-electron chi connectivity index (χ1n) is 9.40. The zero-order valence-corrected chi connectivity index (χ0v) is 15.3. The van der Waals surface area contributed by atoms with Crippen molar-refractivity contribution in [3.8, 4) is 11.3 Å². The van der Waals surface area contributed by atoms with Crippen LogP contribution < -0.4 is 0 Å². The number of likely N-dealkylation sites (tertiary alicyclic amines) is 1. The maximum Gasteiger partial charge on any atom is 0.144 e. The lowest BCUT2D eigenvalue weighted by Crippen LogP contribution is -2.16. The molecule has 0 bridgehead atoms. The fourth-order valence-corrected chi connectivity index (χ4v) is 4.78. The van der Waals surface area contributed by atoms with Gasteiger partial charge in [-0.2, -0.15) is 10.2 Å². The van der Waals surface area contributed by atoms with Crippen LogP contribution in [0.5, 0.6) is 0 Å². The number of hydrogen-bond donors (Lipinski definition) is 0. The normalized spacial score (nSPS) is 24.9. The Balaban J connectivity index is 1.45. The van der Waals surface area contributed by atoms with Crippen molar-refractivity contribution < 1.29 is 4.79 Å². The van der Waals surface area contributed by atoms with E-state index in [1.54, 1.807) is 10.8 Å². The Hall–Kier alpha value is -2.96. The molecule has 1 saturated carbocycles. The predicted octanol–water partition coefficient (Wildman–Crippen LogP) is 2.27. The van der Waals surface area contributed by atoms with Crippen LogP contribution in [0.3, 0.4) is 0 Å². The molecule has 3 aromatic rings. The van der Waals surface area contributed by atoms with Crippen molar-refractivity contribution in [2.24, 2.45) is 18.9 Å². The monoisotopic (exact) mass is 362 g/mol. The van der Waals surface area contributed by atoms with Crippen molar-refractivity contribution in [1.82, 2.24) is 29.3 Å². The Morgan fingerprint density at radius 2 is 1.96 bits per heavy atom. The number of allylic oxidation sites excluding steroid dienone is 1. The first-order chi connectivity index (χ1) is 13.2. The molecule has 0 amide bonds. The fraction of sp³-hybridized carbons (Fsp3) is 0.400. The van der Waals surface area contributed by atoms with E-state index >= 15 is 0 Å². The first kappa shape index (κ1) is 16.2. The Bertz CT molecular complexity index is 1000. The van der Waals surface area contributed by atoms with Crippen LogP contribution in [0.4, 0.5) is 0 Å². The Kier molecular flexibility index (Phi) is 3.81. The molecule has 7 heteroatoms. The molecule has 2 aliphatic rings. The van der Waals surface area contributed by atoms with Crippen molar-refractivity contribution in [2.75, 3.05) is 13.1 Å². The zero-order valence-electron chi connectivity index (χ0n) is 15.3. The van der Waals surface area contributed by atoms with Crippen molar-refractivity contribution in [2.45, 2.75) is 18.8 Å². The summed E-state index contributed by atoms with van der Waals surface area (Å²) in [5, 5.41) is 8.74. The topological polar surface area (TPSA) is 68.3 Å². The average molecular weight is 362 g/mol. The molecule has 3 aromatic heterocycles. The molecule has 4 heterocycles. The van der Waals surface area contributed by atoms with Crippen LogP contribution in [0.25, 0.3) is 16.8 Å². The molecule has 5 rings (SSSR count). The number of carbonyl (C=O) groups is 1. The summed E-state index contributed by atoms with van der Waals surface area (Å²) in [5.74, 6) is 1.78. The third kappa shape index (κ3) is 2.83. The van der Waals surface area contributed by atoms with Gasteiger partial charge in [-0.3, -0.25) is 9.48 Å². The number of aryl methyl sites for hydroxylation is 1. The van der Waals surface area contributed by atoms with Gasteiger partial charge in [0.15, 0.2) is 0 Å². The van der Waals surface area contributed by atoms with Gasteiger partial charge in [-0.1, -0.05) is 0 Å². The molecule has 1 aliphatic carbocycles. The Labute approximate surface area is 157 Å². The number of fused-ring (bicyclic) bond motifs is 2. The van der Waals surface area contributed by atoms with E-state index in [0.29, 0.717) is 17.8 Å². The zero-order chi connectivity index (χ0) is 18.4. The number of carbonyl (C=O) groups excluding carboxylic acids is 1. The van der Waals surface area contributed by atoms with Crippen molar-refractivity contribution in [3.63, 3.8) is 0 Å². The van der Waals surface area contributed by atoms with Crippen LogP contribution in [-0.2, 0) is 11.8 Å². The minimum atomic E-state index is 0.452. The molecule has 1 aliphatic heterocycles. The number of aldehydes is 1. The standard InChI is InChI=1S/C20H22N6O/c1-24-10-17(9-22-24)18-13-26-19(3-4-21-26)20(23-18)14-7-15-11-25(5-2-6-27)12-16(15)8-14/h2-6,9-10,13-16H,7-8,11-12H2,1H3/t14?,15-,16+. The highest BCUT2D eigenvalue weighted by atomic mass is 16.1. The molecule has 1 saturated heterocycles. The summed E-state index contributed by atoms with van der Waals surface area (Å²) >= 11 is 0. The van der Waals surface area contributed by atoms with Gasteiger partial charge in [-0.15, -0.1) is 0 Å². The molecule has 138 valence electrons. The molecule has 7 nitrogen and oxygen atoms in total. The minimum Gasteiger partial charge on any atom is -0.377 e. The molecule has 3 atom stereocenters. The highest BCUT2D eigenvalue weighted by molar-refractivity contribution is 5.64. The van der Waals surface area contributed by atoms with E-state index in [9.17, 15) is 4.79 Å². The van der Waals surface area contributed by atoms with E-state index in [1.165, 1.54) is 0 Å². The van der Waals surface area contributed by atoms with Crippen LogP contribution in [0.1, 0.15) is 24.5 Å². The summed E-state index contributed by atoms with van der Waals surface area (Å²) in [6.07, 6.45) is 14.3. The van der Waals surface area contributed by atoms with Crippen molar-refractivity contribution >= 4 is 11.8 Å². The Morgan fingerprint density at radius 3 is 2.67 bits per heavy atom. The third-order valence-corrected chi connectivity index (χ3v) is 5.96. The Morgan fingerprint density at radius 1 is 1.15 bits per heavy atom. The van der Waals surface area contributed by atoms with Gasteiger partial charge in [0.2, 0.25) is 0 Å². The molecule has 0 spiro atoms. The predicted molar refractivity (Wildman–Crippen MR) is 101 cm³/mol. The second-order valence-corrected chi connectivity index (χ2v) is 7.70. The van der Waals surface area contributed by atoms with Gasteiger partial charge in [0.1, 0.15) is 6.29 Å². The SMILES string of the molecule is Cn1cc(-c2cn3nccc3c(C3C[C@@H]4CN(C=CC=O)C[C@@H]4C3)n2)cn1. The van der Waals surface area contributed by atoms with E-state index in [-0.39, 0.29) is 0 Å². The highest BCUT2D eigenvalue weighted by Crippen LogP contribution is 2.46. The number of aromatic nitrogens is 5. The van der Waals surface area contributed by atoms with Gasteiger partial charge in [-0.05, 0) is 36.8 Å². The largest absolute Gasteiger partial charge is 0.377 e. The molecule has 0 aromatic carbocycles. The van der Waals surface area contributed by atoms with Crippen LogP contribution in [-0.4, -0.2) is 48.7 Å². The average Bonchev–Trinajstić information content (AvgIpc) is 3.41. The van der Waals surface area contributed by atoms with Gasteiger partial charge in [-0.25, -0.2) is 9.50 Å². The third-order valence-electron chi connectivity index (χ3n) is 5.96. The summed E-state index contributed by atoms with van der Waals surface area (Å²) in [6.45, 7) is 2.06. The molecule has 0 radical (unpaired) electrons. The number of hydrogen-bond acceptors (Lipinski definition) is 5. The summed E-state index contributed by atoms with van der Waals surface area (Å²) in [4.78, 5) is 17.9. The summed E-state index contributed by atoms with van der Waals surface area (Å²) in [5.41, 5.74) is 4.19. The molecule has 27 heavy (non-hydrogen) atoms.